The van der Waals surface area contributed by atoms with Gasteiger partial charge in [0.15, 0.2) is 5.79 Å². The Kier molecular flexibility index (Phi) is 5.10. The Bertz CT molecular complexity index is 490. The van der Waals surface area contributed by atoms with Crippen molar-refractivity contribution in [3.63, 3.8) is 0 Å². The number of methoxy groups -OCH3 is 1. The van der Waals surface area contributed by atoms with Gasteiger partial charge in [0.1, 0.15) is 11.9 Å². The molecule has 2 heterocycles. The number of hydrogen-bond donors (Lipinski definition) is 3. The van der Waals surface area contributed by atoms with Crippen molar-refractivity contribution in [2.45, 2.75) is 38.1 Å². The summed E-state index contributed by atoms with van der Waals surface area (Å²) in [6, 6.07) is -1.39. The monoisotopic (exact) mass is 328 g/mol. The van der Waals surface area contributed by atoms with E-state index in [0.717, 1.165) is 0 Å². The Labute approximate surface area is 134 Å². The van der Waals surface area contributed by atoms with Crippen LogP contribution in [-0.4, -0.2) is 67.5 Å². The second-order valence-electron chi connectivity index (χ2n) is 6.11. The summed E-state index contributed by atoms with van der Waals surface area (Å²) >= 11 is 0. The lowest BCUT2D eigenvalue weighted by Gasteiger charge is -2.30. The maximum absolute atomic E-state index is 12.9. The number of nitrogens with two attached hydrogens (primary N) is 1. The quantitative estimate of drug-likeness (QED) is 0.478. The summed E-state index contributed by atoms with van der Waals surface area (Å²) in [5.41, 5.74) is 5.65. The van der Waals surface area contributed by atoms with E-state index >= 15 is 0 Å². The number of ether oxygens (including phenoxy) is 3. The normalized spacial score (nSPS) is 24.0. The molecule has 0 aromatic carbocycles. The summed E-state index contributed by atoms with van der Waals surface area (Å²) in [7, 11) is 1.24. The molecule has 4 N–H and O–H groups in total. The zero-order chi connectivity index (χ0) is 17.2. The van der Waals surface area contributed by atoms with Gasteiger partial charge in [-0.15, -0.1) is 0 Å². The number of alkyl carbamates (subject to hydrolysis) is 1. The molecule has 2 rings (SSSR count). The van der Waals surface area contributed by atoms with Crippen molar-refractivity contribution in [2.24, 2.45) is 11.7 Å². The van der Waals surface area contributed by atoms with Gasteiger partial charge >= 0.3 is 6.09 Å². The van der Waals surface area contributed by atoms with E-state index in [0.29, 0.717) is 19.6 Å². The van der Waals surface area contributed by atoms with E-state index in [-0.39, 0.29) is 24.2 Å². The lowest BCUT2D eigenvalue weighted by molar-refractivity contribution is -0.153. The maximum atomic E-state index is 12.9. The van der Waals surface area contributed by atoms with Crippen LogP contribution in [0.2, 0.25) is 0 Å². The van der Waals surface area contributed by atoms with Crippen molar-refractivity contribution < 1.29 is 23.8 Å². The number of nitrogens with one attached hydrogen (secondary N) is 2. The summed E-state index contributed by atoms with van der Waals surface area (Å²) in [4.78, 5) is 25.8. The van der Waals surface area contributed by atoms with Crippen LogP contribution in [0.3, 0.4) is 0 Å². The Hall–Kier alpha value is -1.87. The fourth-order valence-electron chi connectivity index (χ4n) is 2.93. The molecule has 2 atom stereocenters. The topological polar surface area (TPSA) is 127 Å². The first kappa shape index (κ1) is 17.5. The molecule has 2 amide bonds. The lowest BCUT2D eigenvalue weighted by Crippen LogP contribution is -2.55. The van der Waals surface area contributed by atoms with Crippen LogP contribution in [0.5, 0.6) is 0 Å². The van der Waals surface area contributed by atoms with Gasteiger partial charge in [-0.05, 0) is 5.92 Å². The lowest BCUT2D eigenvalue weighted by atomic mass is 10.0. The molecule has 9 heteroatoms. The van der Waals surface area contributed by atoms with Crippen molar-refractivity contribution in [1.29, 1.82) is 5.41 Å². The van der Waals surface area contributed by atoms with Crippen LogP contribution >= 0.6 is 0 Å². The highest BCUT2D eigenvalue weighted by Gasteiger charge is 2.52. The van der Waals surface area contributed by atoms with E-state index in [1.165, 1.54) is 12.0 Å². The van der Waals surface area contributed by atoms with E-state index in [2.05, 4.69) is 10.1 Å². The van der Waals surface area contributed by atoms with Crippen molar-refractivity contribution in [2.75, 3.05) is 26.9 Å². The van der Waals surface area contributed by atoms with Gasteiger partial charge in [0.25, 0.3) is 0 Å². The molecular formula is C14H24N4O5. The van der Waals surface area contributed by atoms with Crippen molar-refractivity contribution >= 4 is 17.8 Å². The molecule has 9 nitrogen and oxygen atoms in total. The minimum atomic E-state index is -0.904. The van der Waals surface area contributed by atoms with Gasteiger partial charge in [-0.3, -0.25) is 10.2 Å². The molecule has 2 aliphatic heterocycles. The zero-order valence-corrected chi connectivity index (χ0v) is 13.6. The Morgan fingerprint density at radius 1 is 1.39 bits per heavy atom. The van der Waals surface area contributed by atoms with Gasteiger partial charge in [-0.1, -0.05) is 13.8 Å². The van der Waals surface area contributed by atoms with Crippen LogP contribution in [0.4, 0.5) is 4.79 Å². The predicted octanol–water partition coefficient (Wildman–Crippen LogP) is -0.353. The van der Waals surface area contributed by atoms with Crippen molar-refractivity contribution in [1.82, 2.24) is 10.2 Å². The first-order chi connectivity index (χ1) is 10.8. The number of rotatable bonds is 4. The summed E-state index contributed by atoms with van der Waals surface area (Å²) in [6.07, 6.45) is -0.365. The van der Waals surface area contributed by atoms with E-state index in [1.807, 2.05) is 13.8 Å². The number of amidine groups is 1. The number of carbonyl (C=O) groups is 2. The SMILES string of the molecule is COC(=O)N[C@H](C(=O)N1CC2(C[C@H]1C(=N)N)OCCO2)C(C)C. The highest BCUT2D eigenvalue weighted by molar-refractivity contribution is 5.92. The number of likely N-dealkylation sites (tertiary alicyclic amines) is 1. The highest BCUT2D eigenvalue weighted by atomic mass is 16.7. The van der Waals surface area contributed by atoms with Crippen molar-refractivity contribution in [3.05, 3.63) is 0 Å². The number of carbonyl (C=O) groups excluding carboxylic acids is 2. The maximum Gasteiger partial charge on any atom is 0.407 e. The number of hydrogen-bond acceptors (Lipinski definition) is 6. The Morgan fingerprint density at radius 3 is 2.48 bits per heavy atom. The van der Waals surface area contributed by atoms with Gasteiger partial charge in [-0.25, -0.2) is 4.79 Å². The van der Waals surface area contributed by atoms with Crippen molar-refractivity contribution in [3.8, 4) is 0 Å². The predicted molar refractivity (Wildman–Crippen MR) is 80.8 cm³/mol. The molecule has 0 unspecified atom stereocenters. The third-order valence-corrected chi connectivity index (χ3v) is 4.14. The van der Waals surface area contributed by atoms with E-state index < -0.39 is 24.0 Å². The van der Waals surface area contributed by atoms with E-state index in [9.17, 15) is 9.59 Å². The fourth-order valence-corrected chi connectivity index (χ4v) is 2.93. The molecule has 23 heavy (non-hydrogen) atoms. The molecular weight excluding hydrogens is 304 g/mol. The molecule has 1 spiro atoms. The largest absolute Gasteiger partial charge is 0.453 e. The first-order valence-corrected chi connectivity index (χ1v) is 7.56. The molecule has 0 aromatic heterocycles. The summed E-state index contributed by atoms with van der Waals surface area (Å²) in [5, 5.41) is 10.3. The molecule has 0 aliphatic carbocycles. The van der Waals surface area contributed by atoms with Crippen LogP contribution in [0.1, 0.15) is 20.3 Å². The average Bonchev–Trinajstić information content (AvgIpc) is 3.11. The van der Waals surface area contributed by atoms with Gasteiger partial charge in [0.2, 0.25) is 5.91 Å². The molecule has 0 aromatic rings. The molecule has 2 fully saturated rings. The second-order valence-corrected chi connectivity index (χ2v) is 6.11. The zero-order valence-electron chi connectivity index (χ0n) is 13.6. The van der Waals surface area contributed by atoms with Crippen LogP contribution in [0.15, 0.2) is 0 Å². The average molecular weight is 328 g/mol. The molecule has 0 bridgehead atoms. The van der Waals surface area contributed by atoms with Gasteiger partial charge < -0.3 is 30.2 Å². The summed E-state index contributed by atoms with van der Waals surface area (Å²) < 4.78 is 15.8. The first-order valence-electron chi connectivity index (χ1n) is 7.56. The van der Waals surface area contributed by atoms with E-state index in [4.69, 9.17) is 20.6 Å². The summed E-state index contributed by atoms with van der Waals surface area (Å²) in [5.74, 6) is -1.52. The van der Waals surface area contributed by atoms with Gasteiger partial charge in [-0.2, -0.15) is 0 Å². The molecule has 0 radical (unpaired) electrons. The molecule has 2 aliphatic rings. The summed E-state index contributed by atoms with van der Waals surface area (Å²) in [6.45, 7) is 4.70. The third kappa shape index (κ3) is 3.56. The molecule has 0 saturated carbocycles. The Morgan fingerprint density at radius 2 is 2.00 bits per heavy atom. The number of nitrogens with zero attached hydrogens (tertiary/aromatic N) is 1. The molecule has 130 valence electrons. The van der Waals surface area contributed by atoms with Gasteiger partial charge in [0, 0.05) is 6.42 Å². The minimum Gasteiger partial charge on any atom is -0.453 e. The smallest absolute Gasteiger partial charge is 0.407 e. The third-order valence-electron chi connectivity index (χ3n) is 4.14. The van der Waals surface area contributed by atoms with Crippen LogP contribution in [0.25, 0.3) is 0 Å². The molecule has 2 saturated heterocycles. The second kappa shape index (κ2) is 6.71. The van der Waals surface area contributed by atoms with Crippen LogP contribution in [0, 0.1) is 11.3 Å². The number of amides is 2. The van der Waals surface area contributed by atoms with Gasteiger partial charge in [0.05, 0.1) is 32.9 Å². The van der Waals surface area contributed by atoms with Crippen LogP contribution < -0.4 is 11.1 Å². The van der Waals surface area contributed by atoms with Crippen LogP contribution in [-0.2, 0) is 19.0 Å². The standard InChI is InChI=1S/C14H24N4O5/c1-8(2)10(17-13(20)21-3)12(19)18-7-14(22-4-5-23-14)6-9(18)11(15)16/h8-10H,4-7H2,1-3H3,(H3,15,16)(H,17,20)/t9-,10-/m0/s1. The highest BCUT2D eigenvalue weighted by Crippen LogP contribution is 2.35. The Balaban J connectivity index is 2.19. The fraction of sp³-hybridized carbons (Fsp3) is 0.786. The minimum absolute atomic E-state index is 0.130. The van der Waals surface area contributed by atoms with E-state index in [1.54, 1.807) is 0 Å².